The first-order valence-electron chi connectivity index (χ1n) is 13.0. The molecule has 0 radical (unpaired) electrons. The summed E-state index contributed by atoms with van der Waals surface area (Å²) in [4.78, 5) is 13.7. The molecule has 0 aliphatic carbocycles. The van der Waals surface area contributed by atoms with Crippen LogP contribution in [0.15, 0.2) is 39.5 Å². The minimum absolute atomic E-state index is 0.0447. The molecule has 10 atom stereocenters. The Labute approximate surface area is 241 Å². The first-order chi connectivity index (χ1) is 20.3. The van der Waals surface area contributed by atoms with Crippen LogP contribution in [0.2, 0.25) is 0 Å². The topological polar surface area (TPSA) is 269 Å². The molecule has 0 amide bonds. The Hall–Kier alpha value is -3.71. The van der Waals surface area contributed by atoms with Gasteiger partial charge in [0.2, 0.25) is 23.8 Å². The first kappa shape index (κ1) is 30.7. The van der Waals surface area contributed by atoms with E-state index in [1.165, 1.54) is 13.0 Å². The minimum Gasteiger partial charge on any atom is -0.507 e. The Kier molecular flexibility index (Phi) is 8.41. The number of phenolic OH excluding ortho intramolecular Hbond substituents is 3. The fourth-order valence-electron chi connectivity index (χ4n) is 4.81. The number of fused-ring (bicyclic) bond motifs is 1. The number of aliphatic hydroxyl groups excluding tert-OH is 7. The van der Waals surface area contributed by atoms with Crippen molar-refractivity contribution in [1.29, 1.82) is 0 Å². The average Bonchev–Trinajstić information content (AvgIpc) is 2.97. The van der Waals surface area contributed by atoms with E-state index in [9.17, 15) is 55.9 Å². The van der Waals surface area contributed by atoms with Gasteiger partial charge in [0, 0.05) is 17.7 Å². The number of aliphatic hydroxyl groups is 7. The van der Waals surface area contributed by atoms with Crippen LogP contribution in [0.1, 0.15) is 6.92 Å². The van der Waals surface area contributed by atoms with Crippen molar-refractivity contribution >= 4 is 11.0 Å². The van der Waals surface area contributed by atoms with Crippen molar-refractivity contribution in [1.82, 2.24) is 0 Å². The lowest BCUT2D eigenvalue weighted by Gasteiger charge is -2.39. The van der Waals surface area contributed by atoms with Gasteiger partial charge < -0.3 is 74.4 Å². The van der Waals surface area contributed by atoms with Crippen molar-refractivity contribution in [3.8, 4) is 40.1 Å². The zero-order chi connectivity index (χ0) is 31.3. The maximum atomic E-state index is 13.7. The molecule has 3 heterocycles. The molecule has 234 valence electrons. The van der Waals surface area contributed by atoms with Crippen LogP contribution in [0.5, 0.6) is 28.7 Å². The Morgan fingerprint density at radius 1 is 0.744 bits per heavy atom. The summed E-state index contributed by atoms with van der Waals surface area (Å²) in [5, 5.41) is 101. The van der Waals surface area contributed by atoms with Crippen molar-refractivity contribution < 1.29 is 74.4 Å². The maximum Gasteiger partial charge on any atom is 0.239 e. The van der Waals surface area contributed by atoms with Crippen LogP contribution >= 0.6 is 0 Å². The van der Waals surface area contributed by atoms with Crippen LogP contribution in [0.4, 0.5) is 0 Å². The molecule has 43 heavy (non-hydrogen) atoms. The lowest BCUT2D eigenvalue weighted by molar-refractivity contribution is -0.277. The largest absolute Gasteiger partial charge is 0.507 e. The molecule has 3 aromatic rings. The molecule has 0 saturated carbocycles. The van der Waals surface area contributed by atoms with E-state index >= 15 is 0 Å². The van der Waals surface area contributed by atoms with Gasteiger partial charge in [-0.1, -0.05) is 0 Å². The van der Waals surface area contributed by atoms with Crippen molar-refractivity contribution in [2.75, 3.05) is 6.61 Å². The second kappa shape index (κ2) is 11.8. The van der Waals surface area contributed by atoms with Crippen molar-refractivity contribution in [2.45, 2.75) is 68.3 Å². The number of benzene rings is 2. The Bertz CT molecular complexity index is 1540. The molecule has 0 bridgehead atoms. The zero-order valence-electron chi connectivity index (χ0n) is 22.3. The average molecular weight is 611 g/mol. The van der Waals surface area contributed by atoms with Gasteiger partial charge in [0.05, 0.1) is 12.7 Å². The highest BCUT2D eigenvalue weighted by atomic mass is 16.7. The molecular formula is C27H30O16. The summed E-state index contributed by atoms with van der Waals surface area (Å²) >= 11 is 0. The van der Waals surface area contributed by atoms with Crippen molar-refractivity contribution in [3.05, 3.63) is 40.6 Å². The van der Waals surface area contributed by atoms with Gasteiger partial charge >= 0.3 is 0 Å². The summed E-state index contributed by atoms with van der Waals surface area (Å²) in [5.41, 5.74) is -1.40. The van der Waals surface area contributed by atoms with Crippen LogP contribution in [0, 0.1) is 0 Å². The van der Waals surface area contributed by atoms with E-state index in [4.69, 9.17) is 23.4 Å². The number of phenols is 3. The number of aromatic hydroxyl groups is 3. The Morgan fingerprint density at radius 3 is 2.05 bits per heavy atom. The third kappa shape index (κ3) is 5.55. The van der Waals surface area contributed by atoms with Crippen LogP contribution in [0.25, 0.3) is 22.3 Å². The van der Waals surface area contributed by atoms with Crippen molar-refractivity contribution in [2.24, 2.45) is 0 Å². The molecule has 16 heteroatoms. The van der Waals surface area contributed by atoms with E-state index in [1.807, 2.05) is 0 Å². The molecule has 2 aliphatic heterocycles. The zero-order valence-corrected chi connectivity index (χ0v) is 22.3. The molecule has 2 aromatic carbocycles. The third-order valence-electron chi connectivity index (χ3n) is 7.29. The van der Waals surface area contributed by atoms with Gasteiger partial charge in [0.15, 0.2) is 17.3 Å². The van der Waals surface area contributed by atoms with E-state index in [1.54, 1.807) is 0 Å². The van der Waals surface area contributed by atoms with E-state index in [0.717, 1.165) is 24.3 Å². The molecule has 0 spiro atoms. The normalized spacial score (nSPS) is 32.9. The van der Waals surface area contributed by atoms with Gasteiger partial charge in [-0.2, -0.15) is 0 Å². The maximum absolute atomic E-state index is 13.7. The fourth-order valence-corrected chi connectivity index (χ4v) is 4.81. The van der Waals surface area contributed by atoms with Gasteiger partial charge in [-0.25, -0.2) is 0 Å². The van der Waals surface area contributed by atoms with E-state index in [2.05, 4.69) is 0 Å². The van der Waals surface area contributed by atoms with Gasteiger partial charge in [0.1, 0.15) is 65.2 Å². The van der Waals surface area contributed by atoms with Gasteiger partial charge in [0.25, 0.3) is 0 Å². The van der Waals surface area contributed by atoms with Crippen LogP contribution in [0.3, 0.4) is 0 Å². The molecule has 5 rings (SSSR count). The van der Waals surface area contributed by atoms with Crippen molar-refractivity contribution in [3.63, 3.8) is 0 Å². The monoisotopic (exact) mass is 610 g/mol. The lowest BCUT2D eigenvalue weighted by Crippen LogP contribution is -2.60. The second-order valence-corrected chi connectivity index (χ2v) is 10.2. The van der Waals surface area contributed by atoms with Gasteiger partial charge in [-0.3, -0.25) is 4.79 Å². The number of ether oxygens (including phenoxy) is 4. The third-order valence-corrected chi connectivity index (χ3v) is 7.29. The summed E-state index contributed by atoms with van der Waals surface area (Å²) in [5.74, 6) is -3.14. The fraction of sp³-hybridized carbons (Fsp3) is 0.444. The summed E-state index contributed by atoms with van der Waals surface area (Å²) in [7, 11) is 0. The highest BCUT2D eigenvalue weighted by Gasteiger charge is 2.46. The molecule has 2 fully saturated rings. The highest BCUT2D eigenvalue weighted by molar-refractivity contribution is 5.88. The summed E-state index contributed by atoms with van der Waals surface area (Å²) in [6, 6.07) is 5.43. The number of hydrogen-bond donors (Lipinski definition) is 10. The molecule has 16 nitrogen and oxygen atoms in total. The van der Waals surface area contributed by atoms with Gasteiger partial charge in [-0.15, -0.1) is 0 Å². The molecule has 0 unspecified atom stereocenters. The molecule has 10 N–H and O–H groups in total. The Morgan fingerprint density at radius 2 is 1.40 bits per heavy atom. The predicted molar refractivity (Wildman–Crippen MR) is 140 cm³/mol. The standard InChI is InChI=1S/C27H30O16/c1-8-17(32)20(35)22(37)26(39-8)40-10-5-13(31)16-14(6-10)41-24(9-2-3-11(29)12(30)4-9)25(19(16)34)43-27-23(38)21(36)18(33)15(7-28)42-27/h2-6,8,15,17-18,20-23,26-33,35-38H,7H2,1H3/t8-,15+,17-,18+,20+,21-,22+,23+,26+,27-/m0/s1. The molecular weight excluding hydrogens is 580 g/mol. The highest BCUT2D eigenvalue weighted by Crippen LogP contribution is 2.40. The smallest absolute Gasteiger partial charge is 0.239 e. The second-order valence-electron chi connectivity index (χ2n) is 10.2. The summed E-state index contributed by atoms with van der Waals surface area (Å²) < 4.78 is 27.8. The SMILES string of the molecule is C[C@@H]1O[C@H](Oc2cc(O)c3c(=O)c(O[C@@H]4O[C@H](CO)[C@@H](O)[C@H](O)[C@H]4O)c(-c4ccc(O)c(O)c4)oc3c2)[C@H](O)[C@H](O)[C@H]1O. The van der Waals surface area contributed by atoms with E-state index in [-0.39, 0.29) is 16.9 Å². The van der Waals surface area contributed by atoms with E-state index in [0.29, 0.717) is 0 Å². The first-order valence-corrected chi connectivity index (χ1v) is 13.0. The number of rotatable bonds is 6. The van der Waals surface area contributed by atoms with Crippen LogP contribution in [-0.2, 0) is 9.47 Å². The quantitative estimate of drug-likeness (QED) is 0.135. The summed E-state index contributed by atoms with van der Waals surface area (Å²) in [6.45, 7) is 0.650. The molecule has 1 aromatic heterocycles. The lowest BCUT2D eigenvalue weighted by atomic mass is 9.99. The van der Waals surface area contributed by atoms with E-state index < -0.39 is 108 Å². The molecule has 2 saturated heterocycles. The predicted octanol–water partition coefficient (Wildman–Crippen LogP) is -2.04. The Balaban J connectivity index is 1.61. The van der Waals surface area contributed by atoms with Crippen LogP contribution in [-0.4, -0.2) is 119 Å². The van der Waals surface area contributed by atoms with Crippen LogP contribution < -0.4 is 14.9 Å². The minimum atomic E-state index is -1.92. The van der Waals surface area contributed by atoms with Gasteiger partial charge in [-0.05, 0) is 25.1 Å². The number of hydrogen-bond acceptors (Lipinski definition) is 16. The molecule has 2 aliphatic rings. The summed E-state index contributed by atoms with van der Waals surface area (Å²) in [6.07, 6.45) is -15.9.